The second-order valence-electron chi connectivity index (χ2n) is 5.29. The molecule has 1 aromatic carbocycles. The minimum Gasteiger partial charge on any atom is -0.330 e. The van der Waals surface area contributed by atoms with Crippen LogP contribution in [-0.4, -0.2) is 33.2 Å². The molecular weight excluding hydrogens is 290 g/mol. The largest absolute Gasteiger partial charge is 0.330 e. The van der Waals surface area contributed by atoms with Gasteiger partial charge in [-0.15, -0.1) is 0 Å². The van der Waals surface area contributed by atoms with Crippen molar-refractivity contribution in [2.45, 2.75) is 18.9 Å². The number of hydrogen-bond acceptors (Lipinski definition) is 3. The van der Waals surface area contributed by atoms with Crippen molar-refractivity contribution >= 4 is 23.8 Å². The third kappa shape index (κ3) is 1.61. The monoisotopic (exact) mass is 301 g/mol. The normalized spacial score (nSPS) is 19.8. The number of carbonyl (C=O) groups excluding carboxylic acids is 2. The van der Waals surface area contributed by atoms with Gasteiger partial charge >= 0.3 is 0 Å². The fourth-order valence-electron chi connectivity index (χ4n) is 3.35. The lowest BCUT2D eigenvalue weighted by atomic mass is 10.1. The Hall–Kier alpha value is -2.14. The van der Waals surface area contributed by atoms with E-state index in [1.54, 1.807) is 23.4 Å². The van der Waals surface area contributed by atoms with Crippen molar-refractivity contribution in [3.8, 4) is 5.69 Å². The Labute approximate surface area is 126 Å². The van der Waals surface area contributed by atoms with Crippen LogP contribution in [0.4, 0.5) is 0 Å². The molecule has 2 aliphatic heterocycles. The molecule has 0 aliphatic carbocycles. The number of hydrogen-bond donors (Lipinski definition) is 0. The van der Waals surface area contributed by atoms with Crippen LogP contribution in [0.1, 0.15) is 45.4 Å². The molecule has 6 heteroatoms. The summed E-state index contributed by atoms with van der Waals surface area (Å²) in [6.45, 7) is 0.678. The predicted octanol–water partition coefficient (Wildman–Crippen LogP) is 2.63. The molecule has 1 aromatic heterocycles. The number of rotatable bonds is 1. The lowest BCUT2D eigenvalue weighted by Crippen LogP contribution is -2.30. The van der Waals surface area contributed by atoms with Crippen LogP contribution < -0.4 is 0 Å². The van der Waals surface area contributed by atoms with Crippen molar-refractivity contribution in [1.82, 2.24) is 14.5 Å². The molecule has 1 fully saturated rings. The van der Waals surface area contributed by atoms with E-state index < -0.39 is 0 Å². The number of benzene rings is 1. The summed E-state index contributed by atoms with van der Waals surface area (Å²) in [7, 11) is 0. The SMILES string of the molecule is O=Cc1ncn2c1[C@@H]1CCCN1C(=O)c1c(Cl)cccc1-2. The van der Waals surface area contributed by atoms with Crippen LogP contribution in [0.5, 0.6) is 0 Å². The third-order valence-corrected chi connectivity index (χ3v) is 4.56. The van der Waals surface area contributed by atoms with Gasteiger partial charge in [0.05, 0.1) is 28.0 Å². The predicted molar refractivity (Wildman–Crippen MR) is 77.0 cm³/mol. The van der Waals surface area contributed by atoms with Gasteiger partial charge in [-0.05, 0) is 25.0 Å². The number of amides is 1. The van der Waals surface area contributed by atoms with Gasteiger partial charge in [-0.25, -0.2) is 4.98 Å². The smallest absolute Gasteiger partial charge is 0.258 e. The molecule has 106 valence electrons. The summed E-state index contributed by atoms with van der Waals surface area (Å²) in [4.78, 5) is 30.1. The van der Waals surface area contributed by atoms with E-state index in [-0.39, 0.29) is 11.9 Å². The zero-order chi connectivity index (χ0) is 14.6. The summed E-state index contributed by atoms with van der Waals surface area (Å²) in [5.74, 6) is -0.0707. The Morgan fingerprint density at radius 1 is 1.38 bits per heavy atom. The van der Waals surface area contributed by atoms with Crippen molar-refractivity contribution < 1.29 is 9.59 Å². The highest BCUT2D eigenvalue weighted by molar-refractivity contribution is 6.34. The van der Waals surface area contributed by atoms with Gasteiger partial charge in [0, 0.05) is 6.54 Å². The van der Waals surface area contributed by atoms with Crippen LogP contribution in [0.25, 0.3) is 5.69 Å². The number of carbonyl (C=O) groups is 2. The van der Waals surface area contributed by atoms with Crippen molar-refractivity contribution in [2.24, 2.45) is 0 Å². The van der Waals surface area contributed by atoms with Gasteiger partial charge in [0.25, 0.3) is 5.91 Å². The van der Waals surface area contributed by atoms with Crippen LogP contribution in [-0.2, 0) is 0 Å². The van der Waals surface area contributed by atoms with Crippen molar-refractivity contribution in [2.75, 3.05) is 6.54 Å². The molecule has 1 atom stereocenters. The molecule has 0 radical (unpaired) electrons. The average Bonchev–Trinajstić information content (AvgIpc) is 3.10. The number of aldehydes is 1. The summed E-state index contributed by atoms with van der Waals surface area (Å²) < 4.78 is 1.83. The number of nitrogens with zero attached hydrogens (tertiary/aromatic N) is 3. The average molecular weight is 302 g/mol. The Morgan fingerprint density at radius 3 is 3.05 bits per heavy atom. The van der Waals surface area contributed by atoms with E-state index in [1.165, 1.54) is 0 Å². The standard InChI is InChI=1S/C15H12ClN3O2/c16-9-3-1-4-11-13(9)15(21)18-6-2-5-12(18)14-10(7-20)17-8-19(11)14/h1,3-4,7-8,12H,2,5-6H2/t12-/m0/s1. The van der Waals surface area contributed by atoms with E-state index in [1.807, 2.05) is 10.6 Å². The molecule has 0 spiro atoms. The van der Waals surface area contributed by atoms with Crippen LogP contribution in [0.15, 0.2) is 24.5 Å². The number of aromatic nitrogens is 2. The van der Waals surface area contributed by atoms with Crippen molar-refractivity contribution in [3.63, 3.8) is 0 Å². The van der Waals surface area contributed by atoms with Crippen molar-refractivity contribution in [3.05, 3.63) is 46.5 Å². The highest BCUT2D eigenvalue weighted by atomic mass is 35.5. The van der Waals surface area contributed by atoms with Crippen LogP contribution in [0.2, 0.25) is 5.02 Å². The molecule has 0 saturated carbocycles. The van der Waals surface area contributed by atoms with Gasteiger partial charge in [0.15, 0.2) is 6.29 Å². The van der Waals surface area contributed by atoms with E-state index in [2.05, 4.69) is 4.98 Å². The number of halogens is 1. The summed E-state index contributed by atoms with van der Waals surface area (Å²) in [6, 6.07) is 5.24. The maximum atomic E-state index is 12.8. The van der Waals surface area contributed by atoms with Crippen LogP contribution in [0.3, 0.4) is 0 Å². The Kier molecular flexibility index (Phi) is 2.65. The Bertz CT molecular complexity index is 768. The van der Waals surface area contributed by atoms with E-state index in [0.29, 0.717) is 28.5 Å². The quantitative estimate of drug-likeness (QED) is 0.761. The first-order valence-corrected chi connectivity index (χ1v) is 7.22. The highest BCUT2D eigenvalue weighted by Gasteiger charge is 2.39. The van der Waals surface area contributed by atoms with E-state index in [0.717, 1.165) is 24.8 Å². The number of imidazole rings is 1. The van der Waals surface area contributed by atoms with Gasteiger partial charge in [-0.3, -0.25) is 14.2 Å². The zero-order valence-corrected chi connectivity index (χ0v) is 11.9. The van der Waals surface area contributed by atoms with E-state index in [4.69, 9.17) is 11.6 Å². The summed E-state index contributed by atoms with van der Waals surface area (Å²) in [5, 5.41) is 0.428. The first kappa shape index (κ1) is 12.6. The minimum atomic E-state index is -0.108. The Balaban J connectivity index is 2.08. The molecule has 0 N–H and O–H groups in total. The summed E-state index contributed by atoms with van der Waals surface area (Å²) in [6.07, 6.45) is 4.11. The van der Waals surface area contributed by atoms with Crippen LogP contribution in [0, 0.1) is 0 Å². The maximum absolute atomic E-state index is 12.8. The molecule has 1 amide bonds. The first-order valence-electron chi connectivity index (χ1n) is 6.84. The van der Waals surface area contributed by atoms with E-state index >= 15 is 0 Å². The topological polar surface area (TPSA) is 55.2 Å². The van der Waals surface area contributed by atoms with Gasteiger partial charge < -0.3 is 4.90 Å². The molecule has 3 heterocycles. The van der Waals surface area contributed by atoms with Gasteiger partial charge in [-0.1, -0.05) is 17.7 Å². The van der Waals surface area contributed by atoms with E-state index in [9.17, 15) is 9.59 Å². The highest BCUT2D eigenvalue weighted by Crippen LogP contribution is 2.40. The van der Waals surface area contributed by atoms with Gasteiger partial charge in [0.1, 0.15) is 12.0 Å². The second kappa shape index (κ2) is 4.43. The molecule has 21 heavy (non-hydrogen) atoms. The van der Waals surface area contributed by atoms with Gasteiger partial charge in [0.2, 0.25) is 0 Å². The fraction of sp³-hybridized carbons (Fsp3) is 0.267. The van der Waals surface area contributed by atoms with Gasteiger partial charge in [-0.2, -0.15) is 0 Å². The molecule has 5 nitrogen and oxygen atoms in total. The zero-order valence-electron chi connectivity index (χ0n) is 11.1. The maximum Gasteiger partial charge on any atom is 0.258 e. The lowest BCUT2D eigenvalue weighted by Gasteiger charge is -2.22. The number of fused-ring (bicyclic) bond motifs is 5. The molecule has 0 bridgehead atoms. The third-order valence-electron chi connectivity index (χ3n) is 4.24. The second-order valence-corrected chi connectivity index (χ2v) is 5.70. The molecule has 0 unspecified atom stereocenters. The fourth-order valence-corrected chi connectivity index (χ4v) is 3.60. The summed E-state index contributed by atoms with van der Waals surface area (Å²) in [5.41, 5.74) is 2.36. The minimum absolute atomic E-state index is 0.0707. The molecule has 2 aromatic rings. The molecule has 4 rings (SSSR count). The molecule has 1 saturated heterocycles. The van der Waals surface area contributed by atoms with Crippen LogP contribution >= 0.6 is 11.6 Å². The molecule has 2 aliphatic rings. The molecular formula is C15H12ClN3O2. The lowest BCUT2D eigenvalue weighted by molar-refractivity contribution is 0.0737. The van der Waals surface area contributed by atoms with Crippen molar-refractivity contribution in [1.29, 1.82) is 0 Å². The first-order chi connectivity index (χ1) is 10.2. The Morgan fingerprint density at radius 2 is 2.24 bits per heavy atom. The summed E-state index contributed by atoms with van der Waals surface area (Å²) >= 11 is 6.26.